The molecule has 0 bridgehead atoms. The first-order valence-electron chi connectivity index (χ1n) is 11.9. The molecule has 0 unspecified atom stereocenters. The van der Waals surface area contributed by atoms with Gasteiger partial charge in [0.05, 0.1) is 37.7 Å². The monoisotopic (exact) mass is 553 g/mol. The Kier molecular flexibility index (Phi) is 9.15. The number of carbonyl (C=O) groups excluding carboxylic acids is 2. The van der Waals surface area contributed by atoms with Gasteiger partial charge >= 0.3 is 0 Å². The SMILES string of the molecule is COc1ccc(N=C2S[C@@H](CC(=O)Nc3ccccc3Cl)C(=O)N2CCc2ccc(OC)c(OC)c2)cc1. The van der Waals surface area contributed by atoms with E-state index < -0.39 is 5.25 Å². The number of rotatable bonds is 10. The van der Waals surface area contributed by atoms with E-state index in [0.717, 1.165) is 5.56 Å². The van der Waals surface area contributed by atoms with E-state index in [9.17, 15) is 9.59 Å². The molecule has 8 nitrogen and oxygen atoms in total. The number of nitrogens with one attached hydrogen (secondary N) is 1. The molecular formula is C28H28ClN3O5S. The second-order valence-corrected chi connectivity index (χ2v) is 9.94. The summed E-state index contributed by atoms with van der Waals surface area (Å²) in [6, 6.07) is 19.9. The van der Waals surface area contributed by atoms with Gasteiger partial charge in [-0.2, -0.15) is 0 Å². The van der Waals surface area contributed by atoms with E-state index in [1.54, 1.807) is 50.5 Å². The summed E-state index contributed by atoms with van der Waals surface area (Å²) in [5.41, 5.74) is 2.16. The molecule has 2 amide bonds. The molecule has 3 aromatic rings. The maximum absolute atomic E-state index is 13.5. The lowest BCUT2D eigenvalue weighted by molar-refractivity contribution is -0.128. The van der Waals surface area contributed by atoms with Crippen LogP contribution in [0.15, 0.2) is 71.7 Å². The van der Waals surface area contributed by atoms with E-state index >= 15 is 0 Å². The highest BCUT2D eigenvalue weighted by Crippen LogP contribution is 2.33. The molecule has 1 aliphatic heterocycles. The number of ether oxygens (including phenoxy) is 3. The number of nitrogens with zero attached hydrogens (tertiary/aromatic N) is 2. The number of hydrogen-bond donors (Lipinski definition) is 1. The molecule has 1 heterocycles. The van der Waals surface area contributed by atoms with Crippen molar-refractivity contribution in [2.45, 2.75) is 18.1 Å². The van der Waals surface area contributed by atoms with Crippen molar-refractivity contribution in [1.82, 2.24) is 4.90 Å². The smallest absolute Gasteiger partial charge is 0.242 e. The summed E-state index contributed by atoms with van der Waals surface area (Å²) in [7, 11) is 4.77. The summed E-state index contributed by atoms with van der Waals surface area (Å²) < 4.78 is 16.0. The molecule has 1 fully saturated rings. The van der Waals surface area contributed by atoms with Crippen molar-refractivity contribution in [1.29, 1.82) is 0 Å². The minimum atomic E-state index is -0.611. The van der Waals surface area contributed by atoms with E-state index in [0.29, 0.717) is 51.8 Å². The number of hydrogen-bond acceptors (Lipinski definition) is 7. The van der Waals surface area contributed by atoms with E-state index in [2.05, 4.69) is 5.32 Å². The summed E-state index contributed by atoms with van der Waals surface area (Å²) in [5, 5.41) is 3.16. The van der Waals surface area contributed by atoms with Crippen LogP contribution in [-0.2, 0) is 16.0 Å². The van der Waals surface area contributed by atoms with Crippen molar-refractivity contribution in [3.63, 3.8) is 0 Å². The minimum Gasteiger partial charge on any atom is -0.497 e. The van der Waals surface area contributed by atoms with Crippen molar-refractivity contribution in [2.75, 3.05) is 33.2 Å². The van der Waals surface area contributed by atoms with Gasteiger partial charge in [-0.25, -0.2) is 4.99 Å². The first kappa shape index (κ1) is 27.3. The molecule has 1 aliphatic rings. The zero-order chi connectivity index (χ0) is 27.1. The minimum absolute atomic E-state index is 0.0107. The highest BCUT2D eigenvalue weighted by atomic mass is 35.5. The third-order valence-electron chi connectivity index (χ3n) is 5.91. The maximum atomic E-state index is 13.5. The molecule has 1 N–H and O–H groups in total. The Morgan fingerprint density at radius 3 is 2.42 bits per heavy atom. The van der Waals surface area contributed by atoms with Gasteiger partial charge in [0.25, 0.3) is 0 Å². The highest BCUT2D eigenvalue weighted by Gasteiger charge is 2.39. The third kappa shape index (κ3) is 6.59. The lowest BCUT2D eigenvalue weighted by Gasteiger charge is -2.17. The second-order valence-electron chi connectivity index (χ2n) is 8.36. The third-order valence-corrected chi connectivity index (χ3v) is 7.41. The molecule has 198 valence electrons. The fraction of sp³-hybridized carbons (Fsp3) is 0.250. The number of carbonyl (C=O) groups is 2. The second kappa shape index (κ2) is 12.7. The predicted octanol–water partition coefficient (Wildman–Crippen LogP) is 5.57. The molecule has 0 aromatic heterocycles. The number of para-hydroxylation sites is 1. The standard InChI is InChI=1S/C28H28ClN3O5S/c1-35-20-11-9-19(10-12-20)30-28-32(15-14-18-8-13-23(36-2)24(16-18)37-3)27(34)25(38-28)17-26(33)31-22-7-5-4-6-21(22)29/h4-13,16,25H,14-15,17H2,1-3H3,(H,31,33)/t25-/m0/s1. The van der Waals surface area contributed by atoms with Gasteiger partial charge in [0.15, 0.2) is 16.7 Å². The molecular weight excluding hydrogens is 526 g/mol. The van der Waals surface area contributed by atoms with E-state index in [1.807, 2.05) is 42.5 Å². The number of amides is 2. The summed E-state index contributed by atoms with van der Waals surface area (Å²) in [4.78, 5) is 32.6. The maximum Gasteiger partial charge on any atom is 0.242 e. The fourth-order valence-electron chi connectivity index (χ4n) is 3.91. The number of thioether (sulfide) groups is 1. The van der Waals surface area contributed by atoms with Gasteiger partial charge in [-0.05, 0) is 60.5 Å². The molecule has 4 rings (SSSR count). The number of aliphatic imine (C=N–C) groups is 1. The Morgan fingerprint density at radius 2 is 1.74 bits per heavy atom. The van der Waals surface area contributed by atoms with Crippen LogP contribution >= 0.6 is 23.4 Å². The van der Waals surface area contributed by atoms with E-state index in [1.165, 1.54) is 11.8 Å². The van der Waals surface area contributed by atoms with Crippen LogP contribution in [-0.4, -0.2) is 55.0 Å². The van der Waals surface area contributed by atoms with Gasteiger partial charge in [0.1, 0.15) is 11.0 Å². The molecule has 0 spiro atoms. The number of amidine groups is 1. The number of anilines is 1. The Bertz CT molecular complexity index is 1330. The lowest BCUT2D eigenvalue weighted by atomic mass is 10.1. The van der Waals surface area contributed by atoms with Gasteiger partial charge in [-0.1, -0.05) is 41.6 Å². The highest BCUT2D eigenvalue weighted by molar-refractivity contribution is 8.15. The van der Waals surface area contributed by atoms with Crippen LogP contribution in [0, 0.1) is 0 Å². The summed E-state index contributed by atoms with van der Waals surface area (Å²) >= 11 is 7.45. The molecule has 38 heavy (non-hydrogen) atoms. The first-order chi connectivity index (χ1) is 18.4. The Balaban J connectivity index is 1.53. The predicted molar refractivity (Wildman–Crippen MR) is 151 cm³/mol. The average molecular weight is 554 g/mol. The number of methoxy groups -OCH3 is 3. The first-order valence-corrected chi connectivity index (χ1v) is 13.1. The van der Waals surface area contributed by atoms with Gasteiger partial charge in [-0.3, -0.25) is 14.5 Å². The van der Waals surface area contributed by atoms with Crippen LogP contribution in [0.4, 0.5) is 11.4 Å². The van der Waals surface area contributed by atoms with Crippen LogP contribution in [0.1, 0.15) is 12.0 Å². The molecule has 3 aromatic carbocycles. The van der Waals surface area contributed by atoms with Crippen LogP contribution in [0.2, 0.25) is 5.02 Å². The summed E-state index contributed by atoms with van der Waals surface area (Å²) in [5.74, 6) is 1.50. The molecule has 0 saturated carbocycles. The van der Waals surface area contributed by atoms with Crippen LogP contribution in [0.5, 0.6) is 17.2 Å². The zero-order valence-electron chi connectivity index (χ0n) is 21.3. The van der Waals surface area contributed by atoms with Crippen molar-refractivity contribution in [3.8, 4) is 17.2 Å². The largest absolute Gasteiger partial charge is 0.497 e. The van der Waals surface area contributed by atoms with E-state index in [4.69, 9.17) is 30.8 Å². The quantitative estimate of drug-likeness (QED) is 0.353. The van der Waals surface area contributed by atoms with Crippen LogP contribution < -0.4 is 19.5 Å². The van der Waals surface area contributed by atoms with Gasteiger partial charge in [0, 0.05) is 13.0 Å². The summed E-state index contributed by atoms with van der Waals surface area (Å²) in [6.45, 7) is 0.388. The number of halogens is 1. The van der Waals surface area contributed by atoms with Crippen molar-refractivity contribution in [2.24, 2.45) is 4.99 Å². The molecule has 0 aliphatic carbocycles. The number of benzene rings is 3. The molecule has 10 heteroatoms. The molecule has 1 saturated heterocycles. The van der Waals surface area contributed by atoms with Crippen molar-refractivity contribution < 1.29 is 23.8 Å². The average Bonchev–Trinajstić information content (AvgIpc) is 3.21. The normalized spacial score (nSPS) is 16.0. The Hall–Kier alpha value is -3.69. The zero-order valence-corrected chi connectivity index (χ0v) is 22.8. The topological polar surface area (TPSA) is 89.5 Å². The van der Waals surface area contributed by atoms with Crippen molar-refractivity contribution in [3.05, 3.63) is 77.3 Å². The fourth-order valence-corrected chi connectivity index (χ4v) is 5.27. The van der Waals surface area contributed by atoms with Gasteiger partial charge in [-0.15, -0.1) is 0 Å². The van der Waals surface area contributed by atoms with Gasteiger partial charge in [0.2, 0.25) is 11.8 Å². The summed E-state index contributed by atoms with van der Waals surface area (Å²) in [6.07, 6.45) is 0.552. The van der Waals surface area contributed by atoms with Crippen molar-refractivity contribution >= 4 is 51.7 Å². The Morgan fingerprint density at radius 1 is 1.00 bits per heavy atom. The van der Waals surface area contributed by atoms with Gasteiger partial charge < -0.3 is 19.5 Å². The lowest BCUT2D eigenvalue weighted by Crippen LogP contribution is -2.35. The Labute approximate surface area is 230 Å². The van der Waals surface area contributed by atoms with Crippen LogP contribution in [0.3, 0.4) is 0 Å². The van der Waals surface area contributed by atoms with E-state index in [-0.39, 0.29) is 18.2 Å². The molecule has 0 radical (unpaired) electrons. The molecule has 1 atom stereocenters. The van der Waals surface area contributed by atoms with Crippen LogP contribution in [0.25, 0.3) is 0 Å².